The molecule has 4 heterocycles. The second kappa shape index (κ2) is 9.97. The van der Waals surface area contributed by atoms with Gasteiger partial charge in [0, 0.05) is 54.3 Å². The zero-order chi connectivity index (χ0) is 27.1. The highest BCUT2D eigenvalue weighted by Gasteiger charge is 2.26. The summed E-state index contributed by atoms with van der Waals surface area (Å²) in [6.07, 6.45) is 3.66. The number of hydrogen-bond donors (Lipinski definition) is 0. The van der Waals surface area contributed by atoms with E-state index < -0.39 is 15.7 Å². The Balaban J connectivity index is 1.16. The first-order chi connectivity index (χ1) is 18.8. The van der Waals surface area contributed by atoms with E-state index in [4.69, 9.17) is 9.26 Å². The van der Waals surface area contributed by atoms with Crippen molar-refractivity contribution in [3.05, 3.63) is 65.8 Å². The molecule has 39 heavy (non-hydrogen) atoms. The van der Waals surface area contributed by atoms with E-state index in [0.717, 1.165) is 12.3 Å². The average Bonchev–Trinajstić information content (AvgIpc) is 3.58. The third kappa shape index (κ3) is 5.06. The Labute approximate surface area is 226 Å². The lowest BCUT2D eigenvalue weighted by atomic mass is 10.1. The van der Waals surface area contributed by atoms with Crippen LogP contribution in [0.2, 0.25) is 0 Å². The minimum absolute atomic E-state index is 0.0829. The molecule has 1 fully saturated rings. The number of ether oxygens (including phenoxy) is 1. The number of piperidine rings is 1. The lowest BCUT2D eigenvalue weighted by Crippen LogP contribution is -2.38. The first kappa shape index (κ1) is 25.3. The van der Waals surface area contributed by atoms with Crippen molar-refractivity contribution in [3.8, 4) is 28.4 Å². The van der Waals surface area contributed by atoms with Crippen molar-refractivity contribution in [1.82, 2.24) is 20.1 Å². The Morgan fingerprint density at radius 1 is 1.05 bits per heavy atom. The third-order valence-electron chi connectivity index (χ3n) is 6.49. The number of hydrogen-bond acceptors (Lipinski definition) is 10. The molecule has 1 aliphatic heterocycles. The first-order valence-corrected chi connectivity index (χ1v) is 14.8. The number of aromatic nitrogens is 4. The zero-order valence-electron chi connectivity index (χ0n) is 20.5. The van der Waals surface area contributed by atoms with Crippen molar-refractivity contribution in [2.45, 2.75) is 23.8 Å². The van der Waals surface area contributed by atoms with Gasteiger partial charge in [-0.3, -0.25) is 0 Å². The monoisotopic (exact) mass is 569 g/mol. The Morgan fingerprint density at radius 3 is 2.54 bits per heavy atom. The summed E-state index contributed by atoms with van der Waals surface area (Å²) in [7, 11) is -3.52. The Hall–Kier alpha value is -3.97. The lowest BCUT2D eigenvalue weighted by Gasteiger charge is -2.30. The van der Waals surface area contributed by atoms with E-state index in [-0.39, 0.29) is 22.4 Å². The third-order valence-corrected chi connectivity index (χ3v) is 8.56. The molecule has 2 aromatic carbocycles. The zero-order valence-corrected chi connectivity index (χ0v) is 22.2. The van der Waals surface area contributed by atoms with Crippen molar-refractivity contribution >= 4 is 37.4 Å². The van der Waals surface area contributed by atoms with E-state index in [1.165, 1.54) is 41.9 Å². The maximum absolute atomic E-state index is 14.9. The molecule has 0 unspecified atom stereocenters. The highest BCUT2D eigenvalue weighted by atomic mass is 32.2. The van der Waals surface area contributed by atoms with Gasteiger partial charge in [-0.05, 0) is 36.4 Å². The fourth-order valence-corrected chi connectivity index (χ4v) is 6.02. The molecule has 0 bridgehead atoms. The van der Waals surface area contributed by atoms with E-state index in [0.29, 0.717) is 65.0 Å². The molecule has 0 spiro atoms. The fourth-order valence-electron chi connectivity index (χ4n) is 4.43. The van der Waals surface area contributed by atoms with Crippen molar-refractivity contribution < 1.29 is 26.5 Å². The molecule has 3 aromatic heterocycles. The summed E-state index contributed by atoms with van der Waals surface area (Å²) in [6.45, 7) is 1.25. The Morgan fingerprint density at radius 2 is 1.82 bits per heavy atom. The van der Waals surface area contributed by atoms with Gasteiger partial charge in [0.25, 0.3) is 0 Å². The minimum Gasteiger partial charge on any atom is -0.473 e. The smallest absolute Gasteiger partial charge is 0.324 e. The van der Waals surface area contributed by atoms with Gasteiger partial charge in [-0.15, -0.1) is 11.3 Å². The van der Waals surface area contributed by atoms with Crippen LogP contribution in [0.4, 0.5) is 14.8 Å². The molecular weight excluding hydrogens is 548 g/mol. The van der Waals surface area contributed by atoms with Crippen molar-refractivity contribution in [1.29, 1.82) is 0 Å². The summed E-state index contributed by atoms with van der Waals surface area (Å²) in [5.74, 6) is -0.170. The van der Waals surface area contributed by atoms with Crippen molar-refractivity contribution in [3.63, 3.8) is 0 Å². The van der Waals surface area contributed by atoms with E-state index >= 15 is 0 Å². The van der Waals surface area contributed by atoms with E-state index in [9.17, 15) is 17.2 Å². The summed E-state index contributed by atoms with van der Waals surface area (Å²) < 4.78 is 64.0. The number of nitrogens with zero attached hydrogens (tertiary/aromatic N) is 5. The van der Waals surface area contributed by atoms with Crippen molar-refractivity contribution in [2.75, 3.05) is 24.2 Å². The number of sulfone groups is 1. The van der Waals surface area contributed by atoms with E-state index in [1.54, 1.807) is 17.5 Å². The molecule has 6 rings (SSSR count). The highest BCUT2D eigenvalue weighted by Crippen LogP contribution is 2.38. The Bertz CT molecular complexity index is 1770. The van der Waals surface area contributed by atoms with Gasteiger partial charge in [-0.25, -0.2) is 27.2 Å². The average molecular weight is 570 g/mol. The molecule has 0 amide bonds. The van der Waals surface area contributed by atoms with Crippen LogP contribution in [0.3, 0.4) is 0 Å². The number of rotatable bonds is 6. The molecular formula is C26H21F2N5O4S2. The molecule has 0 radical (unpaired) electrons. The van der Waals surface area contributed by atoms with E-state index in [2.05, 4.69) is 20.1 Å². The number of halogens is 2. The number of fused-ring (bicyclic) bond motifs is 1. The molecule has 0 aliphatic carbocycles. The molecule has 13 heteroatoms. The van der Waals surface area contributed by atoms with Gasteiger partial charge in [-0.2, -0.15) is 4.98 Å². The standard InChI is InChI=1S/C26H21F2N5O4S2/c1-39(34,35)18-6-7-19(21(28)12-18)20-13-38-23-22(20)29-14-30-25(23)36-17-8-10-33(11-9-17)26-31-24(32-37-26)15-2-4-16(27)5-3-15/h2-7,12-14,17H,8-11H2,1H3. The Kier molecular flexibility index (Phi) is 6.47. The molecule has 200 valence electrons. The summed E-state index contributed by atoms with van der Waals surface area (Å²) in [6, 6.07) is 10.1. The first-order valence-electron chi connectivity index (χ1n) is 12.0. The van der Waals surface area contributed by atoms with Gasteiger partial charge in [-0.1, -0.05) is 11.2 Å². The summed E-state index contributed by atoms with van der Waals surface area (Å²) in [5, 5.41) is 5.77. The second-order valence-corrected chi connectivity index (χ2v) is 12.0. The molecule has 5 aromatic rings. The van der Waals surface area contributed by atoms with Gasteiger partial charge >= 0.3 is 6.01 Å². The summed E-state index contributed by atoms with van der Waals surface area (Å²) in [4.78, 5) is 15.0. The quantitative estimate of drug-likeness (QED) is 0.274. The minimum atomic E-state index is -3.52. The van der Waals surface area contributed by atoms with Gasteiger partial charge in [0.2, 0.25) is 11.7 Å². The van der Waals surface area contributed by atoms with Crippen LogP contribution >= 0.6 is 11.3 Å². The highest BCUT2D eigenvalue weighted by molar-refractivity contribution is 7.90. The predicted molar refractivity (Wildman–Crippen MR) is 141 cm³/mol. The number of thiophene rings is 1. The number of anilines is 1. The summed E-state index contributed by atoms with van der Waals surface area (Å²) >= 11 is 1.34. The largest absolute Gasteiger partial charge is 0.473 e. The second-order valence-electron chi connectivity index (χ2n) is 9.13. The van der Waals surface area contributed by atoms with Crippen LogP contribution in [0.25, 0.3) is 32.7 Å². The normalized spacial score (nSPS) is 14.7. The molecule has 0 saturated carbocycles. The van der Waals surface area contributed by atoms with Gasteiger partial charge in [0.05, 0.1) is 10.4 Å². The topological polar surface area (TPSA) is 111 Å². The van der Waals surface area contributed by atoms with Crippen LogP contribution in [-0.2, 0) is 9.84 Å². The van der Waals surface area contributed by atoms with Crippen LogP contribution in [0.15, 0.2) is 63.6 Å². The molecule has 9 nitrogen and oxygen atoms in total. The van der Waals surface area contributed by atoms with Crippen LogP contribution < -0.4 is 9.64 Å². The van der Waals surface area contributed by atoms with Crippen molar-refractivity contribution in [2.24, 2.45) is 0 Å². The van der Waals surface area contributed by atoms with Crippen LogP contribution in [0.5, 0.6) is 5.88 Å². The van der Waals surface area contributed by atoms with Gasteiger partial charge < -0.3 is 14.2 Å². The predicted octanol–water partition coefficient (Wildman–Crippen LogP) is 5.14. The molecule has 1 saturated heterocycles. The lowest BCUT2D eigenvalue weighted by molar-refractivity contribution is 0.164. The van der Waals surface area contributed by atoms with Gasteiger partial charge in [0.15, 0.2) is 9.84 Å². The van der Waals surface area contributed by atoms with E-state index in [1.807, 2.05) is 4.90 Å². The maximum atomic E-state index is 14.9. The molecule has 1 aliphatic rings. The molecule has 0 atom stereocenters. The van der Waals surface area contributed by atoms with Crippen LogP contribution in [0.1, 0.15) is 12.8 Å². The SMILES string of the molecule is CS(=O)(=O)c1ccc(-c2csc3c(OC4CCN(c5nc(-c6ccc(F)cc6)no5)CC4)ncnc23)c(F)c1. The molecule has 0 N–H and O–H groups in total. The summed E-state index contributed by atoms with van der Waals surface area (Å²) in [5.41, 5.74) is 2.00. The van der Waals surface area contributed by atoms with Crippen LogP contribution in [-0.4, -0.2) is 54.0 Å². The number of benzene rings is 2. The van der Waals surface area contributed by atoms with Gasteiger partial charge in [0.1, 0.15) is 28.8 Å². The maximum Gasteiger partial charge on any atom is 0.324 e. The van der Waals surface area contributed by atoms with Crippen LogP contribution in [0, 0.1) is 11.6 Å². The fraction of sp³-hybridized carbons (Fsp3) is 0.231.